The molecule has 0 aliphatic heterocycles. The number of hydrogen-bond acceptors (Lipinski definition) is 8. The Kier molecular flexibility index (Phi) is 52.9. The van der Waals surface area contributed by atoms with E-state index in [1.807, 2.05) is 0 Å². The minimum atomic E-state index is -4.40. The highest BCUT2D eigenvalue weighted by atomic mass is 31.2. The topological polar surface area (TPSA) is 134 Å². The monoisotopic (exact) mass is 1010 g/mol. The van der Waals surface area contributed by atoms with Crippen molar-refractivity contribution in [3.63, 3.8) is 0 Å². The maximum Gasteiger partial charge on any atom is 0.472 e. The van der Waals surface area contributed by atoms with Crippen LogP contribution in [0.1, 0.15) is 219 Å². The van der Waals surface area contributed by atoms with Crippen LogP contribution >= 0.6 is 7.82 Å². The molecule has 0 aromatic carbocycles. The van der Waals surface area contributed by atoms with E-state index in [9.17, 15) is 19.0 Å². The third kappa shape index (κ3) is 55.6. The number of hydrogen-bond donors (Lipinski definition) is 2. The molecule has 0 saturated heterocycles. The standard InChI is InChI=1S/C61H102NO8P/c1-3-5-7-9-11-13-15-17-19-21-22-23-24-25-26-27-28-29-30-31-32-33-34-35-36-38-40-42-44-46-48-50-52-54-61(64)70-59(58-69-71(65,66)68-56-55-62)57-67-60(63)53-51-49-47-45-43-41-39-37-20-18-16-14-12-10-8-6-4-2/h5-8,11-14,17-20,22-23,25-26,28-29,31-32,59H,3-4,9-10,15-16,21,24,27,30,33-58,62H2,1-2H3,(H,65,66)/b7-5-,8-6-,13-11-,14-12-,19-17-,20-18-,23-22-,26-25-,29-28-,32-31-. The molecule has 0 rings (SSSR count). The van der Waals surface area contributed by atoms with Crippen LogP contribution in [0.4, 0.5) is 0 Å². The highest BCUT2D eigenvalue weighted by Crippen LogP contribution is 2.43. The van der Waals surface area contributed by atoms with E-state index < -0.39 is 32.5 Å². The lowest BCUT2D eigenvalue weighted by atomic mass is 10.0. The van der Waals surface area contributed by atoms with Crippen molar-refractivity contribution in [3.8, 4) is 0 Å². The van der Waals surface area contributed by atoms with E-state index in [2.05, 4.69) is 135 Å². The van der Waals surface area contributed by atoms with Gasteiger partial charge in [-0.05, 0) is 103 Å². The first-order valence-corrected chi connectivity index (χ1v) is 29.5. The van der Waals surface area contributed by atoms with Crippen molar-refractivity contribution < 1.29 is 37.6 Å². The molecule has 404 valence electrons. The lowest BCUT2D eigenvalue weighted by Crippen LogP contribution is -2.29. The highest BCUT2D eigenvalue weighted by molar-refractivity contribution is 7.47. The smallest absolute Gasteiger partial charge is 0.462 e. The minimum absolute atomic E-state index is 0.0456. The van der Waals surface area contributed by atoms with E-state index in [4.69, 9.17) is 24.3 Å². The summed E-state index contributed by atoms with van der Waals surface area (Å²) >= 11 is 0. The molecule has 3 N–H and O–H groups in total. The fourth-order valence-electron chi connectivity index (χ4n) is 7.28. The molecule has 0 radical (unpaired) electrons. The normalized spacial score (nSPS) is 14.0. The fraction of sp³-hybridized carbons (Fsp3) is 0.639. The van der Waals surface area contributed by atoms with Crippen LogP contribution in [0.5, 0.6) is 0 Å². The molecule has 0 saturated carbocycles. The summed E-state index contributed by atoms with van der Waals surface area (Å²) in [6, 6.07) is 0. The van der Waals surface area contributed by atoms with E-state index in [1.54, 1.807) is 0 Å². The fourth-order valence-corrected chi connectivity index (χ4v) is 8.04. The van der Waals surface area contributed by atoms with Gasteiger partial charge in [-0.25, -0.2) is 4.57 Å². The number of nitrogens with two attached hydrogens (primary N) is 1. The number of phosphoric acid groups is 1. The first-order chi connectivity index (χ1) is 34.8. The maximum atomic E-state index is 12.7. The van der Waals surface area contributed by atoms with Gasteiger partial charge in [0.25, 0.3) is 0 Å². The molecule has 9 nitrogen and oxygen atoms in total. The van der Waals surface area contributed by atoms with E-state index in [-0.39, 0.29) is 32.6 Å². The number of carbonyl (C=O) groups excluding carboxylic acids is 2. The van der Waals surface area contributed by atoms with Crippen molar-refractivity contribution >= 4 is 19.8 Å². The van der Waals surface area contributed by atoms with Crippen LogP contribution in [0.15, 0.2) is 122 Å². The Morgan fingerprint density at radius 3 is 1.08 bits per heavy atom. The number of carbonyl (C=O) groups is 2. The second-order valence-electron chi connectivity index (χ2n) is 18.0. The molecule has 0 aliphatic rings. The zero-order valence-corrected chi connectivity index (χ0v) is 45.8. The number of ether oxygens (including phenoxy) is 2. The van der Waals surface area contributed by atoms with Crippen LogP contribution in [0.3, 0.4) is 0 Å². The summed E-state index contributed by atoms with van der Waals surface area (Å²) in [4.78, 5) is 35.1. The lowest BCUT2D eigenvalue weighted by molar-refractivity contribution is -0.161. The summed E-state index contributed by atoms with van der Waals surface area (Å²) in [5, 5.41) is 0. The second kappa shape index (κ2) is 55.7. The first-order valence-electron chi connectivity index (χ1n) is 28.0. The zero-order valence-electron chi connectivity index (χ0n) is 44.9. The van der Waals surface area contributed by atoms with E-state index in [0.29, 0.717) is 6.42 Å². The molecule has 71 heavy (non-hydrogen) atoms. The van der Waals surface area contributed by atoms with E-state index in [1.165, 1.54) is 64.2 Å². The highest BCUT2D eigenvalue weighted by Gasteiger charge is 2.26. The Morgan fingerprint density at radius 1 is 0.423 bits per heavy atom. The average molecular weight is 1010 g/mol. The summed E-state index contributed by atoms with van der Waals surface area (Å²) in [6.45, 7) is 3.49. The Labute approximate surface area is 434 Å². The molecule has 0 spiro atoms. The average Bonchev–Trinajstić information content (AvgIpc) is 3.36. The van der Waals surface area contributed by atoms with E-state index >= 15 is 0 Å². The van der Waals surface area contributed by atoms with Crippen molar-refractivity contribution in [2.24, 2.45) is 5.73 Å². The van der Waals surface area contributed by atoms with Gasteiger partial charge in [0.2, 0.25) is 0 Å². The van der Waals surface area contributed by atoms with Gasteiger partial charge in [0, 0.05) is 19.4 Å². The Hall–Kier alpha value is -3.59. The van der Waals surface area contributed by atoms with Gasteiger partial charge < -0.3 is 20.1 Å². The number of unbranched alkanes of at least 4 members (excludes halogenated alkanes) is 18. The number of phosphoric ester groups is 1. The molecule has 2 atom stereocenters. The number of rotatable bonds is 51. The van der Waals surface area contributed by atoms with Crippen molar-refractivity contribution in [1.82, 2.24) is 0 Å². The van der Waals surface area contributed by atoms with Crippen LogP contribution < -0.4 is 5.73 Å². The van der Waals surface area contributed by atoms with Gasteiger partial charge in [-0.15, -0.1) is 0 Å². The van der Waals surface area contributed by atoms with Gasteiger partial charge in [0.05, 0.1) is 13.2 Å². The summed E-state index contributed by atoms with van der Waals surface area (Å²) < 4.78 is 33.0. The molecular formula is C61H102NO8P. The second-order valence-corrected chi connectivity index (χ2v) is 19.5. The van der Waals surface area contributed by atoms with Crippen molar-refractivity contribution in [1.29, 1.82) is 0 Å². The van der Waals surface area contributed by atoms with Gasteiger partial charge >= 0.3 is 19.8 Å². The largest absolute Gasteiger partial charge is 0.472 e. The lowest BCUT2D eigenvalue weighted by Gasteiger charge is -2.19. The predicted octanol–water partition coefficient (Wildman–Crippen LogP) is 17.6. The summed E-state index contributed by atoms with van der Waals surface area (Å²) in [5.41, 5.74) is 5.37. The Bertz CT molecular complexity index is 1570. The molecule has 0 bridgehead atoms. The molecule has 0 aromatic rings. The van der Waals surface area contributed by atoms with Gasteiger partial charge in [-0.3, -0.25) is 18.6 Å². The van der Waals surface area contributed by atoms with E-state index in [0.717, 1.165) is 122 Å². The van der Waals surface area contributed by atoms with Gasteiger partial charge in [-0.1, -0.05) is 225 Å². The van der Waals surface area contributed by atoms with Crippen LogP contribution in [0.25, 0.3) is 0 Å². The summed E-state index contributed by atoms with van der Waals surface area (Å²) in [6.07, 6.45) is 76.7. The first kappa shape index (κ1) is 67.4. The molecule has 0 fully saturated rings. The van der Waals surface area contributed by atoms with Crippen molar-refractivity contribution in [2.75, 3.05) is 26.4 Å². The van der Waals surface area contributed by atoms with Crippen molar-refractivity contribution in [3.05, 3.63) is 122 Å². The maximum absolute atomic E-state index is 12.7. The zero-order chi connectivity index (χ0) is 51.7. The quantitative estimate of drug-likeness (QED) is 0.0264. The van der Waals surface area contributed by atoms with Gasteiger partial charge in [-0.2, -0.15) is 0 Å². The Morgan fingerprint density at radius 2 is 0.732 bits per heavy atom. The molecule has 0 amide bonds. The molecule has 10 heteroatoms. The van der Waals surface area contributed by atoms with Crippen molar-refractivity contribution in [2.45, 2.75) is 225 Å². The molecule has 2 unspecified atom stereocenters. The third-order valence-electron chi connectivity index (χ3n) is 11.3. The van der Waals surface area contributed by atoms with Crippen LogP contribution in [0.2, 0.25) is 0 Å². The SMILES string of the molecule is CC/C=C\C/C=C\C/C=C\C/C=C\C/C=C\C/C=C\C/C=C\CCCCCCCCCCCCCC(=O)OC(COC(=O)CCCCCCCCC/C=C\C/C=C\C/C=C\CC)COP(=O)(O)OCCN. The number of allylic oxidation sites excluding steroid dienone is 20. The summed E-state index contributed by atoms with van der Waals surface area (Å²) in [7, 11) is -4.40. The molecule has 0 aromatic heterocycles. The Balaban J connectivity index is 4.01. The van der Waals surface area contributed by atoms with Gasteiger partial charge in [0.15, 0.2) is 6.10 Å². The minimum Gasteiger partial charge on any atom is -0.462 e. The number of esters is 2. The van der Waals surface area contributed by atoms with Crippen LogP contribution in [0, 0.1) is 0 Å². The van der Waals surface area contributed by atoms with Crippen LogP contribution in [-0.2, 0) is 32.7 Å². The molecular weight excluding hydrogens is 906 g/mol. The van der Waals surface area contributed by atoms with Gasteiger partial charge in [0.1, 0.15) is 6.61 Å². The predicted molar refractivity (Wildman–Crippen MR) is 302 cm³/mol. The van der Waals surface area contributed by atoms with Crippen LogP contribution in [-0.4, -0.2) is 49.3 Å². The molecule has 0 aliphatic carbocycles. The third-order valence-corrected chi connectivity index (χ3v) is 12.3. The summed E-state index contributed by atoms with van der Waals surface area (Å²) in [5.74, 6) is -0.849. The molecule has 0 heterocycles.